The number of hydrogen-bond acceptors (Lipinski definition) is 5. The fourth-order valence-corrected chi connectivity index (χ4v) is 5.18. The molecule has 0 atom stereocenters. The van der Waals surface area contributed by atoms with Gasteiger partial charge in [-0.25, -0.2) is 21.6 Å². The quantitative estimate of drug-likeness (QED) is 0.153. The van der Waals surface area contributed by atoms with Gasteiger partial charge in [-0.2, -0.15) is 4.83 Å². The maximum absolute atomic E-state index is 12.3. The van der Waals surface area contributed by atoms with Gasteiger partial charge in [0.2, 0.25) is 10.0 Å². The van der Waals surface area contributed by atoms with E-state index in [4.69, 9.17) is 5.84 Å². The van der Waals surface area contributed by atoms with E-state index in [2.05, 4.69) is 11.6 Å². The standard InChI is InChI=1S/C22H41N3O4S2/c1-2-3-4-5-6-7-8-9-10-11-12-13-14-15-20-24-30(26,27)21-16-18-22(19-17-21)31(28,29)25-23/h16-19,24-25H,2-15,20,23H2,1H3. The summed E-state index contributed by atoms with van der Waals surface area (Å²) in [5.41, 5.74) is 0. The fourth-order valence-electron chi connectivity index (χ4n) is 3.48. The van der Waals surface area contributed by atoms with Gasteiger partial charge >= 0.3 is 0 Å². The summed E-state index contributed by atoms with van der Waals surface area (Å²) in [6.45, 7) is 2.63. The van der Waals surface area contributed by atoms with Crippen molar-refractivity contribution >= 4 is 20.0 Å². The number of nitrogens with two attached hydrogens (primary N) is 1. The Morgan fingerprint density at radius 2 is 0.968 bits per heavy atom. The molecule has 0 saturated carbocycles. The van der Waals surface area contributed by atoms with Crippen molar-refractivity contribution in [2.24, 2.45) is 5.84 Å². The average Bonchev–Trinajstić information content (AvgIpc) is 2.76. The molecular formula is C22H41N3O4S2. The Bertz CT molecular complexity index is 795. The molecule has 0 spiro atoms. The molecule has 0 aliphatic carbocycles. The van der Waals surface area contributed by atoms with Gasteiger partial charge in [-0.05, 0) is 30.7 Å². The first kappa shape index (κ1) is 28.0. The number of hydrazine groups is 1. The van der Waals surface area contributed by atoms with Gasteiger partial charge in [0.15, 0.2) is 0 Å². The minimum absolute atomic E-state index is 0.0360. The highest BCUT2D eigenvalue weighted by molar-refractivity contribution is 7.90. The third kappa shape index (κ3) is 12.0. The van der Waals surface area contributed by atoms with Gasteiger partial charge < -0.3 is 0 Å². The third-order valence-corrected chi connectivity index (χ3v) is 8.10. The molecule has 1 aromatic rings. The normalized spacial score (nSPS) is 12.3. The van der Waals surface area contributed by atoms with Gasteiger partial charge in [0, 0.05) is 6.54 Å². The van der Waals surface area contributed by atoms with Crippen molar-refractivity contribution in [2.45, 2.75) is 107 Å². The summed E-state index contributed by atoms with van der Waals surface area (Å²) in [6.07, 6.45) is 17.5. The molecule has 1 aromatic carbocycles. The molecule has 0 aliphatic heterocycles. The molecule has 0 saturated heterocycles. The molecule has 0 unspecified atom stereocenters. The van der Waals surface area contributed by atoms with E-state index in [0.29, 0.717) is 6.54 Å². The van der Waals surface area contributed by atoms with E-state index < -0.39 is 20.0 Å². The van der Waals surface area contributed by atoms with Crippen LogP contribution < -0.4 is 15.4 Å². The monoisotopic (exact) mass is 475 g/mol. The van der Waals surface area contributed by atoms with Crippen molar-refractivity contribution in [2.75, 3.05) is 6.54 Å². The van der Waals surface area contributed by atoms with Crippen LogP contribution in [0.25, 0.3) is 0 Å². The highest BCUT2D eigenvalue weighted by atomic mass is 32.2. The maximum atomic E-state index is 12.3. The van der Waals surface area contributed by atoms with Crippen LogP contribution in [0.15, 0.2) is 34.1 Å². The molecular weight excluding hydrogens is 434 g/mol. The van der Waals surface area contributed by atoms with Gasteiger partial charge in [0.05, 0.1) is 9.79 Å². The minimum atomic E-state index is -3.79. The lowest BCUT2D eigenvalue weighted by Crippen LogP contribution is -2.30. The summed E-state index contributed by atoms with van der Waals surface area (Å²) in [5, 5.41) is 0. The lowest BCUT2D eigenvalue weighted by Gasteiger charge is -2.08. The van der Waals surface area contributed by atoms with Crippen LogP contribution in [-0.2, 0) is 20.0 Å². The fraction of sp³-hybridized carbons (Fsp3) is 0.727. The SMILES string of the molecule is CCCCCCCCCCCCCCCCNS(=O)(=O)c1ccc(S(=O)(=O)NN)cc1. The summed E-state index contributed by atoms with van der Waals surface area (Å²) in [5.74, 6) is 4.96. The van der Waals surface area contributed by atoms with Crippen molar-refractivity contribution in [3.05, 3.63) is 24.3 Å². The molecule has 0 aromatic heterocycles. The lowest BCUT2D eigenvalue weighted by atomic mass is 10.0. The van der Waals surface area contributed by atoms with Crippen molar-refractivity contribution in [3.63, 3.8) is 0 Å². The maximum Gasteiger partial charge on any atom is 0.253 e. The van der Waals surface area contributed by atoms with Crippen LogP contribution in [0.4, 0.5) is 0 Å². The molecule has 0 heterocycles. The molecule has 0 bridgehead atoms. The zero-order valence-electron chi connectivity index (χ0n) is 18.9. The number of nitrogens with one attached hydrogen (secondary N) is 2. The van der Waals surface area contributed by atoms with Crippen molar-refractivity contribution in [1.29, 1.82) is 0 Å². The molecule has 0 amide bonds. The van der Waals surface area contributed by atoms with E-state index in [0.717, 1.165) is 19.3 Å². The van der Waals surface area contributed by atoms with Gasteiger partial charge in [0.25, 0.3) is 10.0 Å². The molecule has 9 heteroatoms. The van der Waals surface area contributed by atoms with Gasteiger partial charge in [-0.3, -0.25) is 5.84 Å². The molecule has 0 aliphatic rings. The van der Waals surface area contributed by atoms with E-state index in [1.54, 1.807) is 4.83 Å². The molecule has 1 rings (SSSR count). The Hall–Kier alpha value is -1.00. The number of unbranched alkanes of at least 4 members (excludes halogenated alkanes) is 13. The van der Waals surface area contributed by atoms with Crippen LogP contribution in [0, 0.1) is 0 Å². The molecule has 0 radical (unpaired) electrons. The van der Waals surface area contributed by atoms with E-state index in [1.165, 1.54) is 94.9 Å². The summed E-state index contributed by atoms with van der Waals surface area (Å²) in [4.78, 5) is 1.66. The van der Waals surface area contributed by atoms with Crippen molar-refractivity contribution < 1.29 is 16.8 Å². The van der Waals surface area contributed by atoms with E-state index >= 15 is 0 Å². The van der Waals surface area contributed by atoms with E-state index in [9.17, 15) is 16.8 Å². The Morgan fingerprint density at radius 3 is 1.35 bits per heavy atom. The summed E-state index contributed by atoms with van der Waals surface area (Å²) in [6, 6.07) is 4.96. The summed E-state index contributed by atoms with van der Waals surface area (Å²) in [7, 11) is -7.44. The molecule has 0 fully saturated rings. The zero-order valence-corrected chi connectivity index (χ0v) is 20.6. The Morgan fingerprint density at radius 1 is 0.613 bits per heavy atom. The molecule has 7 nitrogen and oxygen atoms in total. The number of benzene rings is 1. The zero-order chi connectivity index (χ0) is 23.0. The second-order valence-electron chi connectivity index (χ2n) is 8.09. The Labute approximate surface area is 189 Å². The van der Waals surface area contributed by atoms with Crippen LogP contribution in [-0.4, -0.2) is 23.4 Å². The molecule has 31 heavy (non-hydrogen) atoms. The molecule has 180 valence electrons. The van der Waals surface area contributed by atoms with E-state index in [-0.39, 0.29) is 9.79 Å². The first-order chi connectivity index (χ1) is 14.8. The van der Waals surface area contributed by atoms with Crippen molar-refractivity contribution in [3.8, 4) is 0 Å². The van der Waals surface area contributed by atoms with Crippen LogP contribution >= 0.6 is 0 Å². The Balaban J connectivity index is 2.08. The molecule has 4 N–H and O–H groups in total. The third-order valence-electron chi connectivity index (χ3n) is 5.42. The Kier molecular flexibility index (Phi) is 14.2. The highest BCUT2D eigenvalue weighted by Crippen LogP contribution is 2.15. The summed E-state index contributed by atoms with van der Waals surface area (Å²) < 4.78 is 50.3. The lowest BCUT2D eigenvalue weighted by molar-refractivity contribution is 0.533. The first-order valence-corrected chi connectivity index (χ1v) is 14.6. The van der Waals surface area contributed by atoms with Gasteiger partial charge in [-0.1, -0.05) is 90.4 Å². The average molecular weight is 476 g/mol. The second-order valence-corrected chi connectivity index (χ2v) is 11.6. The smallest absolute Gasteiger partial charge is 0.253 e. The van der Waals surface area contributed by atoms with Crippen LogP contribution in [0.1, 0.15) is 96.8 Å². The predicted molar refractivity (Wildman–Crippen MR) is 126 cm³/mol. The minimum Gasteiger partial charge on any atom is -0.257 e. The number of hydrogen-bond donors (Lipinski definition) is 3. The highest BCUT2D eigenvalue weighted by Gasteiger charge is 2.16. The van der Waals surface area contributed by atoms with Crippen LogP contribution in [0.3, 0.4) is 0 Å². The predicted octanol–water partition coefficient (Wildman–Crippen LogP) is 4.60. The topological polar surface area (TPSA) is 118 Å². The van der Waals surface area contributed by atoms with Crippen molar-refractivity contribution in [1.82, 2.24) is 9.55 Å². The van der Waals surface area contributed by atoms with Crippen LogP contribution in [0.2, 0.25) is 0 Å². The number of rotatable bonds is 19. The second kappa shape index (κ2) is 15.7. The van der Waals surface area contributed by atoms with Gasteiger partial charge in [0.1, 0.15) is 0 Å². The largest absolute Gasteiger partial charge is 0.257 e. The summed E-state index contributed by atoms with van der Waals surface area (Å²) >= 11 is 0. The first-order valence-electron chi connectivity index (χ1n) is 11.7. The van der Waals surface area contributed by atoms with Crippen LogP contribution in [0.5, 0.6) is 0 Å². The number of sulfonamides is 2. The van der Waals surface area contributed by atoms with Gasteiger partial charge in [-0.15, -0.1) is 0 Å². The van der Waals surface area contributed by atoms with E-state index in [1.807, 2.05) is 0 Å².